The summed E-state index contributed by atoms with van der Waals surface area (Å²) in [6.45, 7) is 2.09. The van der Waals surface area contributed by atoms with Gasteiger partial charge in [0.05, 0.1) is 0 Å². The molecule has 15 heavy (non-hydrogen) atoms. The number of rotatable bonds is 3. The average Bonchev–Trinajstić information content (AvgIpc) is 2.62. The number of nitrogens with zero attached hydrogens (tertiary/aromatic N) is 2. The molecule has 0 atom stereocenters. The predicted molar refractivity (Wildman–Crippen MR) is 60.6 cm³/mol. The number of benzene rings is 1. The summed E-state index contributed by atoms with van der Waals surface area (Å²) in [6.07, 6.45) is 1.71. The van der Waals surface area contributed by atoms with Crippen molar-refractivity contribution in [3.63, 3.8) is 0 Å². The highest BCUT2D eigenvalue weighted by Gasteiger charge is 2.03. The fraction of sp³-hybridized carbons (Fsp3) is 0.273. The Morgan fingerprint density at radius 2 is 2.20 bits per heavy atom. The first-order chi connectivity index (χ1) is 7.24. The Kier molecular flexibility index (Phi) is 3.16. The SMILES string of the molecule is Cc1cccc(CCc2nc(Br)no2)c1. The van der Waals surface area contributed by atoms with E-state index in [9.17, 15) is 0 Å². The highest BCUT2D eigenvalue weighted by molar-refractivity contribution is 9.10. The second-order valence-corrected chi connectivity index (χ2v) is 4.16. The topological polar surface area (TPSA) is 38.9 Å². The molecule has 0 N–H and O–H groups in total. The van der Waals surface area contributed by atoms with E-state index < -0.39 is 0 Å². The van der Waals surface area contributed by atoms with Gasteiger partial charge in [0.15, 0.2) is 0 Å². The van der Waals surface area contributed by atoms with Gasteiger partial charge in [0.2, 0.25) is 10.6 Å². The Morgan fingerprint density at radius 3 is 2.87 bits per heavy atom. The molecule has 2 rings (SSSR count). The fourth-order valence-electron chi connectivity index (χ4n) is 1.45. The lowest BCUT2D eigenvalue weighted by atomic mass is 10.1. The lowest BCUT2D eigenvalue weighted by Crippen LogP contribution is -1.91. The van der Waals surface area contributed by atoms with Crippen LogP contribution in [0.25, 0.3) is 0 Å². The molecule has 0 radical (unpaired) electrons. The van der Waals surface area contributed by atoms with Crippen molar-refractivity contribution in [1.29, 1.82) is 0 Å². The molecule has 0 fully saturated rings. The Balaban J connectivity index is 1.99. The molecule has 4 heteroatoms. The monoisotopic (exact) mass is 266 g/mol. The van der Waals surface area contributed by atoms with Gasteiger partial charge in [-0.1, -0.05) is 29.8 Å². The molecule has 78 valence electrons. The fourth-order valence-corrected chi connectivity index (χ4v) is 1.72. The maximum absolute atomic E-state index is 5.01. The Morgan fingerprint density at radius 1 is 1.33 bits per heavy atom. The standard InChI is InChI=1S/C11H11BrN2O/c1-8-3-2-4-9(7-8)5-6-10-13-11(12)14-15-10/h2-4,7H,5-6H2,1H3. The number of hydrogen-bond donors (Lipinski definition) is 0. The van der Waals surface area contributed by atoms with Gasteiger partial charge in [0.25, 0.3) is 0 Å². The normalized spacial score (nSPS) is 10.5. The highest BCUT2D eigenvalue weighted by Crippen LogP contribution is 2.09. The van der Waals surface area contributed by atoms with Crippen LogP contribution in [0.4, 0.5) is 0 Å². The van der Waals surface area contributed by atoms with Gasteiger partial charge in [0.1, 0.15) is 0 Å². The van der Waals surface area contributed by atoms with Crippen molar-refractivity contribution in [2.75, 3.05) is 0 Å². The van der Waals surface area contributed by atoms with Crippen LogP contribution in [0.1, 0.15) is 17.0 Å². The zero-order valence-electron chi connectivity index (χ0n) is 8.40. The zero-order chi connectivity index (χ0) is 10.7. The summed E-state index contributed by atoms with van der Waals surface area (Å²) in [5.74, 6) is 0.670. The molecule has 0 unspecified atom stereocenters. The molecule has 1 aromatic heterocycles. The van der Waals surface area contributed by atoms with Crippen molar-refractivity contribution in [3.05, 3.63) is 46.0 Å². The summed E-state index contributed by atoms with van der Waals surface area (Å²) >= 11 is 3.15. The predicted octanol–water partition coefficient (Wildman–Crippen LogP) is 2.93. The minimum atomic E-state index is 0.516. The van der Waals surface area contributed by atoms with Gasteiger partial charge in [-0.15, -0.1) is 0 Å². The molecule has 0 saturated heterocycles. The molecular formula is C11H11BrN2O. The minimum Gasteiger partial charge on any atom is -0.338 e. The Hall–Kier alpha value is -1.16. The van der Waals surface area contributed by atoms with Crippen LogP contribution in [0.5, 0.6) is 0 Å². The molecule has 0 bridgehead atoms. The largest absolute Gasteiger partial charge is 0.338 e. The highest BCUT2D eigenvalue weighted by atomic mass is 79.9. The molecule has 0 amide bonds. The van der Waals surface area contributed by atoms with Crippen molar-refractivity contribution in [1.82, 2.24) is 10.1 Å². The quantitative estimate of drug-likeness (QED) is 0.858. The maximum atomic E-state index is 5.01. The Labute approximate surface area is 96.6 Å². The molecule has 0 aliphatic carbocycles. The number of aromatic nitrogens is 2. The van der Waals surface area contributed by atoms with Crippen molar-refractivity contribution in [3.8, 4) is 0 Å². The minimum absolute atomic E-state index is 0.516. The second-order valence-electron chi connectivity index (χ2n) is 3.45. The molecule has 1 aromatic carbocycles. The van der Waals surface area contributed by atoms with Gasteiger partial charge in [0, 0.05) is 6.42 Å². The summed E-state index contributed by atoms with van der Waals surface area (Å²) in [5, 5.41) is 3.68. The van der Waals surface area contributed by atoms with E-state index in [-0.39, 0.29) is 0 Å². The third-order valence-corrected chi connectivity index (χ3v) is 2.48. The van der Waals surface area contributed by atoms with E-state index in [1.807, 2.05) is 0 Å². The molecule has 1 heterocycles. The third kappa shape index (κ3) is 2.89. The first-order valence-corrected chi connectivity index (χ1v) is 5.57. The summed E-state index contributed by atoms with van der Waals surface area (Å²) in [5.41, 5.74) is 2.57. The van der Waals surface area contributed by atoms with E-state index >= 15 is 0 Å². The first-order valence-electron chi connectivity index (χ1n) is 4.77. The molecule has 0 spiro atoms. The smallest absolute Gasteiger partial charge is 0.238 e. The molecule has 2 aromatic rings. The summed E-state index contributed by atoms with van der Waals surface area (Å²) in [7, 11) is 0. The van der Waals surface area contributed by atoms with Crippen LogP contribution in [0.2, 0.25) is 0 Å². The molecule has 0 saturated carbocycles. The van der Waals surface area contributed by atoms with Gasteiger partial charge in [-0.2, -0.15) is 4.98 Å². The summed E-state index contributed by atoms with van der Waals surface area (Å²) < 4.78 is 5.52. The van der Waals surface area contributed by atoms with Gasteiger partial charge < -0.3 is 4.52 Å². The number of hydrogen-bond acceptors (Lipinski definition) is 3. The van der Waals surface area contributed by atoms with Crippen LogP contribution in [0, 0.1) is 6.92 Å². The maximum Gasteiger partial charge on any atom is 0.238 e. The van der Waals surface area contributed by atoms with Crippen molar-refractivity contribution in [2.24, 2.45) is 0 Å². The summed E-state index contributed by atoms with van der Waals surface area (Å²) in [6, 6.07) is 8.44. The van der Waals surface area contributed by atoms with Crippen LogP contribution in [0.3, 0.4) is 0 Å². The van der Waals surface area contributed by atoms with Crippen molar-refractivity contribution < 1.29 is 4.52 Å². The van der Waals surface area contributed by atoms with Crippen LogP contribution in [-0.2, 0) is 12.8 Å². The van der Waals surface area contributed by atoms with E-state index in [1.54, 1.807) is 0 Å². The van der Waals surface area contributed by atoms with Crippen molar-refractivity contribution in [2.45, 2.75) is 19.8 Å². The van der Waals surface area contributed by atoms with E-state index in [2.05, 4.69) is 57.3 Å². The van der Waals surface area contributed by atoms with E-state index in [0.29, 0.717) is 10.6 Å². The van der Waals surface area contributed by atoms with Crippen LogP contribution in [0.15, 0.2) is 33.5 Å². The average molecular weight is 267 g/mol. The van der Waals surface area contributed by atoms with Gasteiger partial charge in [-0.3, -0.25) is 0 Å². The van der Waals surface area contributed by atoms with Gasteiger partial charge in [-0.05, 0) is 40.0 Å². The van der Waals surface area contributed by atoms with Crippen LogP contribution >= 0.6 is 15.9 Å². The summed E-state index contributed by atoms with van der Waals surface area (Å²) in [4.78, 5) is 4.09. The van der Waals surface area contributed by atoms with E-state index in [1.165, 1.54) is 11.1 Å². The number of aryl methyl sites for hydroxylation is 3. The van der Waals surface area contributed by atoms with Gasteiger partial charge in [-0.25, -0.2) is 0 Å². The van der Waals surface area contributed by atoms with E-state index in [0.717, 1.165) is 12.8 Å². The molecule has 0 aliphatic rings. The Bertz CT molecular complexity index is 453. The molecule has 3 nitrogen and oxygen atoms in total. The van der Waals surface area contributed by atoms with Crippen molar-refractivity contribution >= 4 is 15.9 Å². The first kappa shape index (κ1) is 10.4. The number of halogens is 1. The molecule has 0 aliphatic heterocycles. The van der Waals surface area contributed by atoms with Crippen LogP contribution in [-0.4, -0.2) is 10.1 Å². The molecular weight excluding hydrogens is 256 g/mol. The second kappa shape index (κ2) is 4.57. The third-order valence-electron chi connectivity index (χ3n) is 2.15. The van der Waals surface area contributed by atoms with Crippen LogP contribution < -0.4 is 0 Å². The lowest BCUT2D eigenvalue weighted by molar-refractivity contribution is 0.375. The lowest BCUT2D eigenvalue weighted by Gasteiger charge is -1.99. The van der Waals surface area contributed by atoms with E-state index in [4.69, 9.17) is 4.52 Å². The zero-order valence-corrected chi connectivity index (χ0v) is 9.99. The van der Waals surface area contributed by atoms with Gasteiger partial charge >= 0.3 is 0 Å².